The van der Waals surface area contributed by atoms with Gasteiger partial charge in [-0.3, -0.25) is 0 Å². The van der Waals surface area contributed by atoms with Gasteiger partial charge < -0.3 is 23.4 Å². The molecule has 0 radical (unpaired) electrons. The van der Waals surface area contributed by atoms with Gasteiger partial charge in [0.2, 0.25) is 0 Å². The van der Waals surface area contributed by atoms with Crippen LogP contribution in [0.3, 0.4) is 0 Å². The Morgan fingerprint density at radius 3 is 2.32 bits per heavy atom. The molecule has 19 heavy (non-hydrogen) atoms. The van der Waals surface area contributed by atoms with E-state index < -0.39 is 16.6 Å². The minimum atomic E-state index is -1.87. The summed E-state index contributed by atoms with van der Waals surface area (Å²) in [6.45, 7) is 10.9. The van der Waals surface area contributed by atoms with Crippen LogP contribution >= 0.6 is 0 Å². The van der Waals surface area contributed by atoms with Crippen molar-refractivity contribution in [2.45, 2.75) is 50.5 Å². The quantitative estimate of drug-likeness (QED) is 0.511. The Balaban J connectivity index is 1.71. The molecular formula is C12H26O5Si2. The van der Waals surface area contributed by atoms with Crippen LogP contribution in [0.2, 0.25) is 32.2 Å². The summed E-state index contributed by atoms with van der Waals surface area (Å²) in [5.74, 6) is 0. The van der Waals surface area contributed by atoms with Crippen molar-refractivity contribution in [1.29, 1.82) is 0 Å². The van der Waals surface area contributed by atoms with Gasteiger partial charge in [-0.1, -0.05) is 0 Å². The van der Waals surface area contributed by atoms with Crippen molar-refractivity contribution in [1.82, 2.24) is 0 Å². The van der Waals surface area contributed by atoms with Crippen LogP contribution < -0.4 is 0 Å². The van der Waals surface area contributed by atoms with Gasteiger partial charge in [-0.2, -0.15) is 0 Å². The Morgan fingerprint density at radius 1 is 1.16 bits per heavy atom. The Labute approximate surface area is 117 Å². The van der Waals surface area contributed by atoms with E-state index in [4.69, 9.17) is 18.3 Å². The molecule has 2 aliphatic heterocycles. The first kappa shape index (κ1) is 15.6. The molecule has 5 nitrogen and oxygen atoms in total. The van der Waals surface area contributed by atoms with E-state index in [-0.39, 0.29) is 12.2 Å². The van der Waals surface area contributed by atoms with E-state index in [1.165, 1.54) is 0 Å². The van der Waals surface area contributed by atoms with Gasteiger partial charge >= 0.3 is 0 Å². The first-order chi connectivity index (χ1) is 8.77. The maximum atomic E-state index is 9.98. The standard InChI is InChI=1S/C12H26O5Si2/c1-18(2,8-11(13)12-7-16-12)17-19(3,4)9-14-5-10-6-15-10/h10-13H,5-9H2,1-4H3. The van der Waals surface area contributed by atoms with Crippen molar-refractivity contribution in [3.8, 4) is 0 Å². The lowest BCUT2D eigenvalue weighted by Gasteiger charge is -2.34. The van der Waals surface area contributed by atoms with Crippen molar-refractivity contribution in [2.75, 3.05) is 26.1 Å². The number of hydrogen-bond acceptors (Lipinski definition) is 5. The van der Waals surface area contributed by atoms with E-state index in [1.807, 2.05) is 0 Å². The van der Waals surface area contributed by atoms with Crippen LogP contribution in [0, 0.1) is 0 Å². The molecule has 0 aliphatic carbocycles. The second kappa shape index (κ2) is 5.92. The zero-order valence-electron chi connectivity index (χ0n) is 12.3. The third kappa shape index (κ3) is 6.03. The summed E-state index contributed by atoms with van der Waals surface area (Å²) in [5, 5.41) is 9.98. The van der Waals surface area contributed by atoms with Crippen LogP contribution in [0.15, 0.2) is 0 Å². The molecule has 0 saturated carbocycles. The lowest BCUT2D eigenvalue weighted by molar-refractivity contribution is 0.139. The molecule has 2 saturated heterocycles. The maximum absolute atomic E-state index is 9.98. The molecule has 3 atom stereocenters. The molecule has 1 N–H and O–H groups in total. The lowest BCUT2D eigenvalue weighted by Crippen LogP contribution is -2.49. The number of ether oxygens (including phenoxy) is 3. The summed E-state index contributed by atoms with van der Waals surface area (Å²) in [7, 11) is -3.69. The first-order valence-electron chi connectivity index (χ1n) is 6.97. The van der Waals surface area contributed by atoms with E-state index in [2.05, 4.69) is 26.2 Å². The van der Waals surface area contributed by atoms with Crippen molar-refractivity contribution in [3.05, 3.63) is 0 Å². The van der Waals surface area contributed by atoms with Crippen LogP contribution in [0.5, 0.6) is 0 Å². The summed E-state index contributed by atoms with van der Waals surface area (Å²) in [6, 6.07) is 0.736. The highest BCUT2D eigenvalue weighted by Crippen LogP contribution is 2.26. The number of epoxide rings is 2. The number of aliphatic hydroxyl groups is 1. The minimum absolute atomic E-state index is 0.0448. The topological polar surface area (TPSA) is 63.8 Å². The smallest absolute Gasteiger partial charge is 0.199 e. The number of rotatable bonds is 9. The van der Waals surface area contributed by atoms with E-state index in [0.29, 0.717) is 25.5 Å². The van der Waals surface area contributed by atoms with Gasteiger partial charge in [0, 0.05) is 0 Å². The molecule has 0 aromatic heterocycles. The van der Waals surface area contributed by atoms with Crippen molar-refractivity contribution < 1.29 is 23.4 Å². The van der Waals surface area contributed by atoms with E-state index in [1.54, 1.807) is 0 Å². The molecule has 0 aromatic carbocycles. The molecule has 0 amide bonds. The SMILES string of the molecule is C[Si](C)(COCC1CO1)O[Si](C)(C)CC(O)C1CO1. The van der Waals surface area contributed by atoms with E-state index in [9.17, 15) is 5.11 Å². The second-order valence-electron chi connectivity index (χ2n) is 6.74. The Kier molecular flexibility index (Phi) is 4.87. The molecule has 0 bridgehead atoms. The van der Waals surface area contributed by atoms with Gasteiger partial charge in [0.1, 0.15) is 12.2 Å². The van der Waals surface area contributed by atoms with Gasteiger partial charge in [0.05, 0.1) is 32.2 Å². The van der Waals surface area contributed by atoms with Gasteiger partial charge in [-0.15, -0.1) is 0 Å². The number of hydrogen-bond donors (Lipinski definition) is 1. The number of aliphatic hydroxyl groups excluding tert-OH is 1. The summed E-state index contributed by atoms with van der Waals surface area (Å²) >= 11 is 0. The molecule has 7 heteroatoms. The predicted molar refractivity (Wildman–Crippen MR) is 77.2 cm³/mol. The molecule has 3 unspecified atom stereocenters. The normalized spacial score (nSPS) is 28.3. The van der Waals surface area contributed by atoms with Crippen molar-refractivity contribution in [3.63, 3.8) is 0 Å². The molecule has 2 heterocycles. The monoisotopic (exact) mass is 306 g/mol. The summed E-state index contributed by atoms with van der Waals surface area (Å²) < 4.78 is 22.3. The molecular weight excluding hydrogens is 280 g/mol. The van der Waals surface area contributed by atoms with Gasteiger partial charge in [-0.05, 0) is 32.2 Å². The zero-order valence-corrected chi connectivity index (χ0v) is 14.3. The Bertz CT molecular complexity index is 302. The third-order valence-electron chi connectivity index (χ3n) is 3.20. The van der Waals surface area contributed by atoms with Crippen LogP contribution in [0.25, 0.3) is 0 Å². The van der Waals surface area contributed by atoms with Crippen molar-refractivity contribution >= 4 is 16.6 Å². The average Bonchev–Trinajstić information content (AvgIpc) is 3.10. The third-order valence-corrected chi connectivity index (χ3v) is 9.92. The van der Waals surface area contributed by atoms with Gasteiger partial charge in [-0.25, -0.2) is 0 Å². The van der Waals surface area contributed by atoms with Crippen LogP contribution in [0.1, 0.15) is 0 Å². The highest BCUT2D eigenvalue weighted by atomic mass is 28.4. The summed E-state index contributed by atoms with van der Waals surface area (Å²) in [4.78, 5) is 0. The maximum Gasteiger partial charge on any atom is 0.199 e. The Hall–Kier alpha value is 0.234. The fourth-order valence-electron chi connectivity index (χ4n) is 2.33. The second-order valence-corrected chi connectivity index (χ2v) is 15.3. The fourth-order valence-corrected chi connectivity index (χ4v) is 10.8. The minimum Gasteiger partial charge on any atom is -0.454 e. The highest BCUT2D eigenvalue weighted by Gasteiger charge is 2.40. The van der Waals surface area contributed by atoms with Gasteiger partial charge in [0.15, 0.2) is 16.6 Å². The zero-order chi connectivity index (χ0) is 14.1. The fraction of sp³-hybridized carbons (Fsp3) is 1.00. The first-order valence-corrected chi connectivity index (χ1v) is 13.2. The van der Waals surface area contributed by atoms with E-state index >= 15 is 0 Å². The molecule has 0 spiro atoms. The molecule has 2 aliphatic rings. The van der Waals surface area contributed by atoms with Crippen molar-refractivity contribution in [2.24, 2.45) is 0 Å². The van der Waals surface area contributed by atoms with Crippen LogP contribution in [0.4, 0.5) is 0 Å². The van der Waals surface area contributed by atoms with Crippen LogP contribution in [-0.2, 0) is 18.3 Å². The largest absolute Gasteiger partial charge is 0.454 e. The van der Waals surface area contributed by atoms with E-state index in [0.717, 1.165) is 12.7 Å². The highest BCUT2D eigenvalue weighted by molar-refractivity contribution is 6.84. The molecule has 2 rings (SSSR count). The summed E-state index contributed by atoms with van der Waals surface area (Å²) in [5.41, 5.74) is 0. The molecule has 2 fully saturated rings. The van der Waals surface area contributed by atoms with Crippen LogP contribution in [-0.4, -0.2) is 66.1 Å². The molecule has 112 valence electrons. The molecule has 0 aromatic rings. The Morgan fingerprint density at radius 2 is 1.79 bits per heavy atom. The summed E-state index contributed by atoms with van der Waals surface area (Å²) in [6.07, 6.45) is 0.679. The lowest BCUT2D eigenvalue weighted by atomic mass is 10.3. The van der Waals surface area contributed by atoms with Gasteiger partial charge in [0.25, 0.3) is 0 Å². The predicted octanol–water partition coefficient (Wildman–Crippen LogP) is 1.13. The average molecular weight is 307 g/mol.